The minimum atomic E-state index is 0.903. The summed E-state index contributed by atoms with van der Waals surface area (Å²) in [7, 11) is 0. The topological polar surface area (TPSA) is 0 Å². The molecule has 0 aromatic heterocycles. The first-order valence-electron chi connectivity index (χ1n) is 13.6. The average Bonchev–Trinajstić information content (AvgIpc) is 2.70. The van der Waals surface area contributed by atoms with Gasteiger partial charge in [-0.2, -0.15) is 0 Å². The average molecular weight is 394 g/mol. The monoisotopic (exact) mass is 393 g/mol. The van der Waals surface area contributed by atoms with Gasteiger partial charge in [0.15, 0.2) is 0 Å². The molecule has 2 unspecified atom stereocenters. The third kappa shape index (κ3) is 19.3. The van der Waals surface area contributed by atoms with E-state index in [0.29, 0.717) is 0 Å². The summed E-state index contributed by atoms with van der Waals surface area (Å²) in [4.78, 5) is 0. The first-order valence-corrected chi connectivity index (χ1v) is 13.6. The lowest BCUT2D eigenvalue weighted by Crippen LogP contribution is -2.11. The fourth-order valence-electron chi connectivity index (χ4n) is 4.57. The van der Waals surface area contributed by atoms with E-state index in [4.69, 9.17) is 0 Å². The molecule has 0 saturated heterocycles. The van der Waals surface area contributed by atoms with Gasteiger partial charge in [-0.1, -0.05) is 163 Å². The third-order valence-electron chi connectivity index (χ3n) is 6.51. The SMILES string of the molecule is CCCCCCCCC([CH]C(CCCCC)CCCCCCC)CCCCC. The molecule has 1 radical (unpaired) electrons. The normalized spacial score (nSPS) is 13.7. The molecule has 0 aliphatic heterocycles. The Hall–Kier alpha value is 0. The molecular weight excluding hydrogens is 336 g/mol. The first-order chi connectivity index (χ1) is 13.8. The van der Waals surface area contributed by atoms with Crippen LogP contribution in [0.2, 0.25) is 0 Å². The fraction of sp³-hybridized carbons (Fsp3) is 0.964. The van der Waals surface area contributed by atoms with Crippen molar-refractivity contribution in [3.05, 3.63) is 6.42 Å². The summed E-state index contributed by atoms with van der Waals surface area (Å²) in [6, 6.07) is 0. The van der Waals surface area contributed by atoms with Crippen LogP contribution < -0.4 is 0 Å². The van der Waals surface area contributed by atoms with E-state index in [2.05, 4.69) is 34.1 Å². The van der Waals surface area contributed by atoms with E-state index in [1.807, 2.05) is 0 Å². The van der Waals surface area contributed by atoms with E-state index < -0.39 is 0 Å². The molecule has 0 bridgehead atoms. The van der Waals surface area contributed by atoms with Gasteiger partial charge in [0.05, 0.1) is 0 Å². The van der Waals surface area contributed by atoms with Crippen molar-refractivity contribution in [2.45, 2.75) is 163 Å². The van der Waals surface area contributed by atoms with Crippen LogP contribution in [0.25, 0.3) is 0 Å². The molecule has 0 aliphatic rings. The molecule has 0 aliphatic carbocycles. The molecule has 0 spiro atoms. The molecule has 169 valence electrons. The van der Waals surface area contributed by atoms with Gasteiger partial charge in [0.1, 0.15) is 0 Å². The minimum absolute atomic E-state index is 0.903. The zero-order valence-corrected chi connectivity index (χ0v) is 20.6. The first kappa shape index (κ1) is 28.0. The number of hydrogen-bond acceptors (Lipinski definition) is 0. The Bertz CT molecular complexity index is 269. The smallest absolute Gasteiger partial charge is 0.0324 e. The van der Waals surface area contributed by atoms with Crippen molar-refractivity contribution in [1.82, 2.24) is 0 Å². The summed E-state index contributed by atoms with van der Waals surface area (Å²) in [6.45, 7) is 9.33. The van der Waals surface area contributed by atoms with Crippen LogP contribution in [0, 0.1) is 18.3 Å². The second kappa shape index (κ2) is 23.3. The zero-order valence-electron chi connectivity index (χ0n) is 20.6. The lowest BCUT2D eigenvalue weighted by atomic mass is 9.82. The molecule has 0 aromatic carbocycles. The maximum absolute atomic E-state index is 2.86. The van der Waals surface area contributed by atoms with Crippen LogP contribution >= 0.6 is 0 Å². The molecule has 0 N–H and O–H groups in total. The van der Waals surface area contributed by atoms with Gasteiger partial charge in [-0.25, -0.2) is 0 Å². The van der Waals surface area contributed by atoms with Gasteiger partial charge in [-0.05, 0) is 18.3 Å². The third-order valence-corrected chi connectivity index (χ3v) is 6.51. The highest BCUT2D eigenvalue weighted by Gasteiger charge is 2.16. The second-order valence-electron chi connectivity index (χ2n) is 9.46. The molecule has 0 nitrogen and oxygen atoms in total. The molecule has 0 saturated carbocycles. The number of rotatable bonds is 23. The Kier molecular flexibility index (Phi) is 23.3. The van der Waals surface area contributed by atoms with Crippen LogP contribution in [0.5, 0.6) is 0 Å². The van der Waals surface area contributed by atoms with E-state index in [1.54, 1.807) is 0 Å². The summed E-state index contributed by atoms with van der Waals surface area (Å²) in [5.41, 5.74) is 0. The van der Waals surface area contributed by atoms with Crippen molar-refractivity contribution >= 4 is 0 Å². The molecular formula is C28H57. The Morgan fingerprint density at radius 3 is 0.964 bits per heavy atom. The Morgan fingerprint density at radius 1 is 0.357 bits per heavy atom. The van der Waals surface area contributed by atoms with Crippen molar-refractivity contribution in [2.24, 2.45) is 11.8 Å². The van der Waals surface area contributed by atoms with E-state index in [-0.39, 0.29) is 0 Å². The Morgan fingerprint density at radius 2 is 0.607 bits per heavy atom. The van der Waals surface area contributed by atoms with Gasteiger partial charge in [0, 0.05) is 0 Å². The van der Waals surface area contributed by atoms with Crippen LogP contribution in [0.1, 0.15) is 163 Å². The van der Waals surface area contributed by atoms with Gasteiger partial charge in [0.2, 0.25) is 0 Å². The van der Waals surface area contributed by atoms with Crippen LogP contribution in [0.3, 0.4) is 0 Å². The van der Waals surface area contributed by atoms with Crippen molar-refractivity contribution in [3.63, 3.8) is 0 Å². The Balaban J connectivity index is 4.36. The fourth-order valence-corrected chi connectivity index (χ4v) is 4.57. The van der Waals surface area contributed by atoms with E-state index in [1.165, 1.54) is 135 Å². The Labute approximate surface area is 181 Å². The van der Waals surface area contributed by atoms with E-state index in [0.717, 1.165) is 11.8 Å². The van der Waals surface area contributed by atoms with Crippen LogP contribution in [0.4, 0.5) is 0 Å². The molecule has 0 fully saturated rings. The van der Waals surface area contributed by atoms with Crippen LogP contribution in [-0.2, 0) is 0 Å². The molecule has 0 amide bonds. The van der Waals surface area contributed by atoms with Crippen molar-refractivity contribution in [1.29, 1.82) is 0 Å². The molecule has 0 heteroatoms. The van der Waals surface area contributed by atoms with Gasteiger partial charge in [-0.15, -0.1) is 0 Å². The summed E-state index contributed by atoms with van der Waals surface area (Å²) in [6.07, 6.45) is 33.0. The lowest BCUT2D eigenvalue weighted by Gasteiger charge is -2.24. The summed E-state index contributed by atoms with van der Waals surface area (Å²) in [5, 5.41) is 0. The molecule has 0 aromatic rings. The summed E-state index contributed by atoms with van der Waals surface area (Å²) >= 11 is 0. The predicted molar refractivity (Wildman–Crippen MR) is 131 cm³/mol. The lowest BCUT2D eigenvalue weighted by molar-refractivity contribution is 0.367. The largest absolute Gasteiger partial charge is 0.0654 e. The van der Waals surface area contributed by atoms with Crippen molar-refractivity contribution in [2.75, 3.05) is 0 Å². The highest BCUT2D eigenvalue weighted by molar-refractivity contribution is 4.84. The second-order valence-corrected chi connectivity index (χ2v) is 9.46. The van der Waals surface area contributed by atoms with Crippen LogP contribution in [0.15, 0.2) is 0 Å². The number of unbranched alkanes of at least 4 members (excludes halogenated alkanes) is 13. The van der Waals surface area contributed by atoms with Crippen molar-refractivity contribution in [3.8, 4) is 0 Å². The summed E-state index contributed by atoms with van der Waals surface area (Å²) < 4.78 is 0. The van der Waals surface area contributed by atoms with E-state index >= 15 is 0 Å². The highest BCUT2D eigenvalue weighted by Crippen LogP contribution is 2.30. The van der Waals surface area contributed by atoms with Gasteiger partial charge in [-0.3, -0.25) is 0 Å². The summed E-state index contributed by atoms with van der Waals surface area (Å²) in [5.74, 6) is 1.81. The van der Waals surface area contributed by atoms with Gasteiger partial charge < -0.3 is 0 Å². The minimum Gasteiger partial charge on any atom is -0.0654 e. The van der Waals surface area contributed by atoms with Crippen molar-refractivity contribution < 1.29 is 0 Å². The molecule has 0 rings (SSSR count). The molecule has 0 heterocycles. The quantitative estimate of drug-likeness (QED) is 0.151. The molecule has 2 atom stereocenters. The van der Waals surface area contributed by atoms with E-state index in [9.17, 15) is 0 Å². The molecule has 28 heavy (non-hydrogen) atoms. The predicted octanol–water partition coefficient (Wildman–Crippen LogP) is 10.7. The maximum Gasteiger partial charge on any atom is -0.0324 e. The maximum atomic E-state index is 2.86. The highest BCUT2D eigenvalue weighted by atomic mass is 14.2. The number of hydrogen-bond donors (Lipinski definition) is 0. The van der Waals surface area contributed by atoms with Gasteiger partial charge in [0.25, 0.3) is 0 Å². The van der Waals surface area contributed by atoms with Crippen LogP contribution in [-0.4, -0.2) is 0 Å². The zero-order chi connectivity index (χ0) is 20.7. The van der Waals surface area contributed by atoms with Gasteiger partial charge >= 0.3 is 0 Å². The standard InChI is InChI=1S/C28H57/c1-5-9-13-15-17-21-25-28(23-19-12-8-4)26-27(22-18-11-7-3)24-20-16-14-10-6-2/h26-28H,5-25H2,1-4H3.